The standard InChI is InChI=1S/C11H12F3N3O/c1-6-4-9(18-16-6)5-17-8(3)7(2)10(15-17)11(12,13)14/h4H,5H2,1-3H3. The average Bonchev–Trinajstić information content (AvgIpc) is 2.76. The molecule has 0 saturated carbocycles. The van der Waals surface area contributed by atoms with E-state index in [-0.39, 0.29) is 12.1 Å². The fraction of sp³-hybridized carbons (Fsp3) is 0.455. The maximum atomic E-state index is 12.7. The average molecular weight is 259 g/mol. The Morgan fingerprint density at radius 2 is 1.94 bits per heavy atom. The third-order valence-corrected chi connectivity index (χ3v) is 2.76. The summed E-state index contributed by atoms with van der Waals surface area (Å²) in [6.07, 6.45) is -4.43. The molecule has 0 unspecified atom stereocenters. The minimum absolute atomic E-state index is 0.138. The molecule has 0 bridgehead atoms. The van der Waals surface area contributed by atoms with Gasteiger partial charge in [-0.1, -0.05) is 5.16 Å². The molecule has 0 N–H and O–H groups in total. The number of aryl methyl sites for hydroxylation is 1. The van der Waals surface area contributed by atoms with Crippen molar-refractivity contribution in [2.45, 2.75) is 33.5 Å². The van der Waals surface area contributed by atoms with Gasteiger partial charge in [0, 0.05) is 17.3 Å². The van der Waals surface area contributed by atoms with Crippen LogP contribution in [0.25, 0.3) is 0 Å². The number of nitrogens with zero attached hydrogens (tertiary/aromatic N) is 3. The van der Waals surface area contributed by atoms with Crippen LogP contribution < -0.4 is 0 Å². The van der Waals surface area contributed by atoms with Gasteiger partial charge in [-0.25, -0.2) is 0 Å². The van der Waals surface area contributed by atoms with Gasteiger partial charge in [0.05, 0.1) is 5.69 Å². The first-order chi connectivity index (χ1) is 8.29. The van der Waals surface area contributed by atoms with Gasteiger partial charge in [-0.05, 0) is 20.8 Å². The molecule has 4 nitrogen and oxygen atoms in total. The summed E-state index contributed by atoms with van der Waals surface area (Å²) in [6.45, 7) is 4.90. The number of rotatable bonds is 2. The largest absolute Gasteiger partial charge is 0.435 e. The lowest BCUT2D eigenvalue weighted by atomic mass is 10.2. The van der Waals surface area contributed by atoms with Crippen molar-refractivity contribution >= 4 is 0 Å². The molecule has 2 heterocycles. The molecule has 0 aliphatic rings. The molecule has 2 rings (SSSR count). The van der Waals surface area contributed by atoms with Crippen molar-refractivity contribution in [1.82, 2.24) is 14.9 Å². The molecule has 0 aromatic carbocycles. The summed E-state index contributed by atoms with van der Waals surface area (Å²) in [6, 6.07) is 1.67. The van der Waals surface area contributed by atoms with Gasteiger partial charge in [-0.3, -0.25) is 4.68 Å². The van der Waals surface area contributed by atoms with Gasteiger partial charge in [0.15, 0.2) is 11.5 Å². The molecule has 7 heteroatoms. The van der Waals surface area contributed by atoms with E-state index in [9.17, 15) is 13.2 Å². The number of hydrogen-bond acceptors (Lipinski definition) is 3. The van der Waals surface area contributed by atoms with Gasteiger partial charge in [0.25, 0.3) is 0 Å². The molecule has 0 radical (unpaired) electrons. The van der Waals surface area contributed by atoms with E-state index in [1.54, 1.807) is 19.9 Å². The lowest BCUT2D eigenvalue weighted by Crippen LogP contribution is -2.09. The third-order valence-electron chi connectivity index (χ3n) is 2.76. The van der Waals surface area contributed by atoms with E-state index >= 15 is 0 Å². The van der Waals surface area contributed by atoms with Crippen LogP contribution in [0.2, 0.25) is 0 Å². The zero-order valence-corrected chi connectivity index (χ0v) is 10.2. The van der Waals surface area contributed by atoms with Crippen LogP contribution in [-0.4, -0.2) is 14.9 Å². The lowest BCUT2D eigenvalue weighted by molar-refractivity contribution is -0.141. The molecule has 98 valence electrons. The SMILES string of the molecule is Cc1cc(Cn2nc(C(F)(F)F)c(C)c2C)on1. The monoisotopic (exact) mass is 259 g/mol. The van der Waals surface area contributed by atoms with Crippen LogP contribution in [0.5, 0.6) is 0 Å². The highest BCUT2D eigenvalue weighted by Crippen LogP contribution is 2.32. The summed E-state index contributed by atoms with van der Waals surface area (Å²) >= 11 is 0. The van der Waals surface area contributed by atoms with Crippen molar-refractivity contribution in [2.24, 2.45) is 0 Å². The molecule has 0 saturated heterocycles. The highest BCUT2D eigenvalue weighted by Gasteiger charge is 2.37. The van der Waals surface area contributed by atoms with E-state index in [4.69, 9.17) is 4.52 Å². The molecule has 0 fully saturated rings. The number of hydrogen-bond donors (Lipinski definition) is 0. The maximum absolute atomic E-state index is 12.7. The Balaban J connectivity index is 2.35. The normalized spacial score (nSPS) is 12.1. The van der Waals surface area contributed by atoms with Crippen LogP contribution >= 0.6 is 0 Å². The predicted octanol–water partition coefficient (Wildman–Crippen LogP) is 2.86. The van der Waals surface area contributed by atoms with E-state index in [0.717, 1.165) is 0 Å². The minimum Gasteiger partial charge on any atom is -0.359 e. The Morgan fingerprint density at radius 1 is 1.28 bits per heavy atom. The van der Waals surface area contributed by atoms with E-state index < -0.39 is 11.9 Å². The Kier molecular flexibility index (Phi) is 2.92. The Morgan fingerprint density at radius 3 is 2.39 bits per heavy atom. The highest BCUT2D eigenvalue weighted by atomic mass is 19.4. The van der Waals surface area contributed by atoms with Crippen molar-refractivity contribution < 1.29 is 17.7 Å². The van der Waals surface area contributed by atoms with E-state index in [1.165, 1.54) is 11.6 Å². The number of alkyl halides is 3. The van der Waals surface area contributed by atoms with Gasteiger partial charge in [0.1, 0.15) is 6.54 Å². The molecule has 2 aromatic heterocycles. The third kappa shape index (κ3) is 2.25. The smallest absolute Gasteiger partial charge is 0.359 e. The molecule has 0 spiro atoms. The number of aromatic nitrogens is 3. The van der Waals surface area contributed by atoms with E-state index in [2.05, 4.69) is 10.3 Å². The Hall–Kier alpha value is -1.79. The first-order valence-electron chi connectivity index (χ1n) is 5.32. The molecule has 0 aliphatic heterocycles. The van der Waals surface area contributed by atoms with E-state index in [1.807, 2.05) is 0 Å². The summed E-state index contributed by atoms with van der Waals surface area (Å²) in [5, 5.41) is 7.27. The number of halogens is 3. The van der Waals surface area contributed by atoms with Gasteiger partial charge in [-0.2, -0.15) is 18.3 Å². The lowest BCUT2D eigenvalue weighted by Gasteiger charge is -2.02. The molecule has 0 atom stereocenters. The zero-order chi connectivity index (χ0) is 13.5. The van der Waals surface area contributed by atoms with E-state index in [0.29, 0.717) is 17.1 Å². The van der Waals surface area contributed by atoms with Crippen LogP contribution in [-0.2, 0) is 12.7 Å². The molecule has 2 aromatic rings. The predicted molar refractivity (Wildman–Crippen MR) is 57.0 cm³/mol. The van der Waals surface area contributed by atoms with Crippen molar-refractivity contribution in [2.75, 3.05) is 0 Å². The van der Waals surface area contributed by atoms with Crippen LogP contribution in [0.1, 0.15) is 28.4 Å². The van der Waals surface area contributed by atoms with Crippen LogP contribution in [0.3, 0.4) is 0 Å². The summed E-state index contributed by atoms with van der Waals surface area (Å²) in [7, 11) is 0. The zero-order valence-electron chi connectivity index (χ0n) is 10.2. The highest BCUT2D eigenvalue weighted by molar-refractivity contribution is 5.26. The van der Waals surface area contributed by atoms with Gasteiger partial charge < -0.3 is 4.52 Å². The van der Waals surface area contributed by atoms with Crippen LogP contribution in [0.4, 0.5) is 13.2 Å². The van der Waals surface area contributed by atoms with Crippen LogP contribution in [0, 0.1) is 20.8 Å². The van der Waals surface area contributed by atoms with Gasteiger partial charge in [0.2, 0.25) is 0 Å². The quantitative estimate of drug-likeness (QED) is 0.833. The Labute approximate surface area is 101 Å². The molecule has 0 aliphatic carbocycles. The minimum atomic E-state index is -4.43. The second-order valence-corrected chi connectivity index (χ2v) is 4.15. The summed E-state index contributed by atoms with van der Waals surface area (Å²) in [5.74, 6) is 0.479. The fourth-order valence-corrected chi connectivity index (χ4v) is 1.70. The molecular formula is C11H12F3N3O. The first kappa shape index (κ1) is 12.7. The topological polar surface area (TPSA) is 43.9 Å². The molecular weight excluding hydrogens is 247 g/mol. The fourth-order valence-electron chi connectivity index (χ4n) is 1.70. The summed E-state index contributed by atoms with van der Waals surface area (Å²) in [4.78, 5) is 0. The maximum Gasteiger partial charge on any atom is 0.435 e. The summed E-state index contributed by atoms with van der Waals surface area (Å²) < 4.78 is 44.3. The first-order valence-corrected chi connectivity index (χ1v) is 5.32. The van der Waals surface area contributed by atoms with Crippen molar-refractivity contribution in [3.05, 3.63) is 34.5 Å². The van der Waals surface area contributed by atoms with Gasteiger partial charge >= 0.3 is 6.18 Å². The van der Waals surface area contributed by atoms with Gasteiger partial charge in [-0.15, -0.1) is 0 Å². The Bertz CT molecular complexity index is 569. The van der Waals surface area contributed by atoms with Crippen LogP contribution in [0.15, 0.2) is 10.6 Å². The molecule has 0 amide bonds. The second kappa shape index (κ2) is 4.15. The van der Waals surface area contributed by atoms with Crippen molar-refractivity contribution in [1.29, 1.82) is 0 Å². The molecule has 18 heavy (non-hydrogen) atoms. The second-order valence-electron chi connectivity index (χ2n) is 4.15. The van der Waals surface area contributed by atoms with Crippen molar-refractivity contribution in [3.8, 4) is 0 Å². The van der Waals surface area contributed by atoms with Crippen molar-refractivity contribution in [3.63, 3.8) is 0 Å². The summed E-state index contributed by atoms with van der Waals surface area (Å²) in [5.41, 5.74) is 0.439.